The highest BCUT2D eigenvalue weighted by Gasteiger charge is 2.37. The summed E-state index contributed by atoms with van der Waals surface area (Å²) in [5.41, 5.74) is -0.240. The first kappa shape index (κ1) is 38.5. The van der Waals surface area contributed by atoms with E-state index in [0.29, 0.717) is 23.3 Å². The van der Waals surface area contributed by atoms with Crippen molar-refractivity contribution in [2.75, 3.05) is 36.3 Å². The summed E-state index contributed by atoms with van der Waals surface area (Å²) in [5, 5.41) is 2.41. The van der Waals surface area contributed by atoms with Gasteiger partial charge in [0.1, 0.15) is 33.4 Å². The van der Waals surface area contributed by atoms with E-state index in [4.69, 9.17) is 18.9 Å². The van der Waals surface area contributed by atoms with Gasteiger partial charge in [0, 0.05) is 6.92 Å². The summed E-state index contributed by atoms with van der Waals surface area (Å²) in [6, 6.07) is 3.10. The highest BCUT2D eigenvalue weighted by atomic mass is 35.5. The van der Waals surface area contributed by atoms with Crippen LogP contribution in [-0.2, 0) is 38.4 Å². The molecule has 2 aliphatic rings. The standard InChI is InChI=1S/C29H40FN3O11S.ClH/c1-17(2)24(31-26(36)44-29(4,5)6)25(35)41-16-42-27(37)32(18(3)34)14-21-15-33(28(38)43-21)20-7-8-22(23(30)13-20)19-9-11-45(39,40)12-10-19;/h7-8,13,17,19,21,24H,9-12,14-16H2,1-6H3,(H,31,36);1H/t21-,24-;/m0./s1. The second kappa shape index (κ2) is 15.8. The molecule has 2 aliphatic heterocycles. The maximum absolute atomic E-state index is 15.0. The fraction of sp³-hybridized carbons (Fsp3) is 0.621. The van der Waals surface area contributed by atoms with Crippen molar-refractivity contribution in [1.29, 1.82) is 0 Å². The molecule has 4 amide bonds. The van der Waals surface area contributed by atoms with Gasteiger partial charge in [-0.25, -0.2) is 36.9 Å². The average Bonchev–Trinajstić information content (AvgIpc) is 3.29. The first-order chi connectivity index (χ1) is 20.9. The summed E-state index contributed by atoms with van der Waals surface area (Å²) in [6.07, 6.45) is -3.19. The highest BCUT2D eigenvalue weighted by molar-refractivity contribution is 7.91. The van der Waals surface area contributed by atoms with E-state index in [1.54, 1.807) is 34.6 Å². The molecular formula is C29H41ClFN3O11S. The van der Waals surface area contributed by atoms with Crippen molar-refractivity contribution in [3.05, 3.63) is 29.6 Å². The zero-order chi connectivity index (χ0) is 33.7. The topological polar surface area (TPSA) is 175 Å². The smallest absolute Gasteiger partial charge is 0.419 e. The molecule has 2 saturated heterocycles. The van der Waals surface area contributed by atoms with Gasteiger partial charge in [-0.1, -0.05) is 19.9 Å². The van der Waals surface area contributed by atoms with Gasteiger partial charge in [0.2, 0.25) is 12.7 Å². The quantitative estimate of drug-likeness (QED) is 0.226. The molecule has 258 valence electrons. The minimum Gasteiger partial charge on any atom is -0.444 e. The molecule has 0 aliphatic carbocycles. The number of rotatable bonds is 9. The van der Waals surface area contributed by atoms with E-state index in [1.165, 1.54) is 12.1 Å². The maximum atomic E-state index is 15.0. The molecule has 1 N–H and O–H groups in total. The Morgan fingerprint density at radius 1 is 1.13 bits per heavy atom. The van der Waals surface area contributed by atoms with Crippen LogP contribution in [0.25, 0.3) is 0 Å². The van der Waals surface area contributed by atoms with Gasteiger partial charge in [-0.3, -0.25) is 9.69 Å². The van der Waals surface area contributed by atoms with Crippen molar-refractivity contribution >= 4 is 58.1 Å². The number of carbonyl (C=O) groups excluding carboxylic acids is 5. The number of carbonyl (C=O) groups is 5. The lowest BCUT2D eigenvalue weighted by atomic mass is 9.93. The van der Waals surface area contributed by atoms with Crippen molar-refractivity contribution in [3.63, 3.8) is 0 Å². The van der Waals surface area contributed by atoms with Gasteiger partial charge in [-0.05, 0) is 63.1 Å². The van der Waals surface area contributed by atoms with E-state index in [9.17, 15) is 32.4 Å². The van der Waals surface area contributed by atoms with Gasteiger partial charge in [0.05, 0.1) is 30.3 Å². The number of nitrogens with zero attached hydrogens (tertiary/aromatic N) is 2. The Morgan fingerprint density at radius 3 is 2.30 bits per heavy atom. The van der Waals surface area contributed by atoms with Gasteiger partial charge in [-0.15, -0.1) is 12.4 Å². The fourth-order valence-electron chi connectivity index (χ4n) is 4.82. The van der Waals surface area contributed by atoms with Crippen LogP contribution in [0, 0.1) is 11.7 Å². The molecule has 0 aromatic heterocycles. The number of anilines is 1. The molecule has 0 bridgehead atoms. The molecule has 2 atom stereocenters. The molecule has 46 heavy (non-hydrogen) atoms. The van der Waals surface area contributed by atoms with E-state index in [2.05, 4.69) is 5.32 Å². The first-order valence-electron chi connectivity index (χ1n) is 14.5. The summed E-state index contributed by atoms with van der Waals surface area (Å²) in [4.78, 5) is 63.9. The van der Waals surface area contributed by atoms with E-state index in [-0.39, 0.29) is 42.1 Å². The normalized spacial score (nSPS) is 18.6. The fourth-order valence-corrected chi connectivity index (χ4v) is 6.31. The Hall–Kier alpha value is -3.66. The number of halogens is 2. The zero-order valence-electron chi connectivity index (χ0n) is 26.6. The number of ether oxygens (including phenoxy) is 4. The molecule has 2 fully saturated rings. The number of nitrogens with one attached hydrogen (secondary N) is 1. The first-order valence-corrected chi connectivity index (χ1v) is 16.3. The monoisotopic (exact) mass is 693 g/mol. The number of amides is 4. The van der Waals surface area contributed by atoms with Crippen LogP contribution in [0.5, 0.6) is 0 Å². The van der Waals surface area contributed by atoms with E-state index in [1.807, 2.05) is 0 Å². The lowest BCUT2D eigenvalue weighted by Gasteiger charge is -2.25. The van der Waals surface area contributed by atoms with E-state index >= 15 is 4.39 Å². The molecule has 1 aromatic carbocycles. The average molecular weight is 694 g/mol. The Balaban J connectivity index is 0.00000736. The summed E-state index contributed by atoms with van der Waals surface area (Å²) in [7, 11) is -3.11. The molecule has 14 nitrogen and oxygen atoms in total. The van der Waals surface area contributed by atoms with Crippen molar-refractivity contribution in [3.8, 4) is 0 Å². The van der Waals surface area contributed by atoms with Crippen LogP contribution >= 0.6 is 12.4 Å². The number of esters is 1. The summed E-state index contributed by atoms with van der Waals surface area (Å²) >= 11 is 0. The van der Waals surface area contributed by atoms with Crippen LogP contribution in [-0.4, -0.2) is 92.6 Å². The maximum Gasteiger partial charge on any atom is 0.419 e. The van der Waals surface area contributed by atoms with E-state index < -0.39 is 82.8 Å². The Labute approximate surface area is 273 Å². The predicted molar refractivity (Wildman–Crippen MR) is 165 cm³/mol. The number of sulfone groups is 1. The summed E-state index contributed by atoms with van der Waals surface area (Å²) in [6.45, 7) is 8.02. The number of cyclic esters (lactones) is 1. The van der Waals surface area contributed by atoms with Gasteiger partial charge in [-0.2, -0.15) is 0 Å². The van der Waals surface area contributed by atoms with Crippen LogP contribution in [0.15, 0.2) is 18.2 Å². The third kappa shape index (κ3) is 10.7. The molecule has 17 heteroatoms. The number of benzene rings is 1. The van der Waals surface area contributed by atoms with Crippen LogP contribution in [0.2, 0.25) is 0 Å². The summed E-state index contributed by atoms with van der Waals surface area (Å²) in [5.74, 6) is -2.90. The lowest BCUT2D eigenvalue weighted by Crippen LogP contribution is -2.47. The number of alkyl carbamates (subject to hydrolysis) is 1. The van der Waals surface area contributed by atoms with Crippen LogP contribution < -0.4 is 10.2 Å². The van der Waals surface area contributed by atoms with Gasteiger partial charge >= 0.3 is 24.2 Å². The molecule has 1 aromatic rings. The SMILES string of the molecule is CC(=O)N(C[C@H]1CN(c2ccc(C3CCS(=O)(=O)CC3)c(F)c2)C(=O)O1)C(=O)OCOC(=O)[C@@H](NC(=O)OC(C)(C)C)C(C)C.Cl. The third-order valence-corrected chi connectivity index (χ3v) is 8.84. The third-order valence-electron chi connectivity index (χ3n) is 7.13. The number of hydrogen-bond acceptors (Lipinski definition) is 11. The molecule has 0 saturated carbocycles. The zero-order valence-corrected chi connectivity index (χ0v) is 28.2. The molecule has 0 radical (unpaired) electrons. The molecule has 3 rings (SSSR count). The van der Waals surface area contributed by atoms with Crippen LogP contribution in [0.1, 0.15) is 65.9 Å². The highest BCUT2D eigenvalue weighted by Crippen LogP contribution is 2.33. The minimum atomic E-state index is -3.11. The predicted octanol–water partition coefficient (Wildman–Crippen LogP) is 3.90. The van der Waals surface area contributed by atoms with Crippen LogP contribution in [0.3, 0.4) is 0 Å². The molecule has 0 spiro atoms. The Kier molecular flexibility index (Phi) is 13.2. The second-order valence-electron chi connectivity index (χ2n) is 12.2. The van der Waals surface area contributed by atoms with Crippen molar-refractivity contribution in [2.24, 2.45) is 5.92 Å². The Morgan fingerprint density at radius 2 is 1.76 bits per heavy atom. The van der Waals surface area contributed by atoms with Crippen molar-refractivity contribution < 1.29 is 55.7 Å². The number of hydrogen-bond donors (Lipinski definition) is 1. The van der Waals surface area contributed by atoms with Gasteiger partial charge in [0.15, 0.2) is 0 Å². The summed E-state index contributed by atoms with van der Waals surface area (Å²) < 4.78 is 58.8. The second-order valence-corrected chi connectivity index (χ2v) is 14.5. The number of imide groups is 1. The van der Waals surface area contributed by atoms with Crippen molar-refractivity contribution in [1.82, 2.24) is 10.2 Å². The van der Waals surface area contributed by atoms with Gasteiger partial charge < -0.3 is 24.3 Å². The molecular weight excluding hydrogens is 653 g/mol. The Bertz CT molecular complexity index is 1400. The molecule has 0 unspecified atom stereocenters. The largest absolute Gasteiger partial charge is 0.444 e. The molecule has 2 heterocycles. The van der Waals surface area contributed by atoms with Gasteiger partial charge in [0.25, 0.3) is 0 Å². The van der Waals surface area contributed by atoms with E-state index in [0.717, 1.165) is 17.9 Å². The van der Waals surface area contributed by atoms with Crippen LogP contribution in [0.4, 0.5) is 24.5 Å². The lowest BCUT2D eigenvalue weighted by molar-refractivity contribution is -0.156. The van der Waals surface area contributed by atoms with Crippen molar-refractivity contribution in [2.45, 2.75) is 78.0 Å². The minimum absolute atomic E-state index is 0.